The van der Waals surface area contributed by atoms with Crippen LogP contribution in [0.4, 0.5) is 0 Å². The van der Waals surface area contributed by atoms with Gasteiger partial charge in [-0.3, -0.25) is 4.79 Å². The molecule has 1 fully saturated rings. The van der Waals surface area contributed by atoms with E-state index in [-0.39, 0.29) is 18.6 Å². The standard InChI is InChI=1S/C18H21N3O4/c1-12-19-20-18(25-12)16-10-23-8-7-21(16)17(22)11-24-15-6-5-13-3-2-4-14(13)9-15/h5-6,9,16H,2-4,7-8,10-11H2,1H3. The molecule has 0 spiro atoms. The van der Waals surface area contributed by atoms with E-state index < -0.39 is 0 Å². The summed E-state index contributed by atoms with van der Waals surface area (Å²) in [5.41, 5.74) is 2.72. The molecule has 132 valence electrons. The van der Waals surface area contributed by atoms with Crippen molar-refractivity contribution in [3.8, 4) is 5.75 Å². The number of rotatable bonds is 4. The molecule has 1 aromatic heterocycles. The van der Waals surface area contributed by atoms with E-state index in [2.05, 4.69) is 16.3 Å². The summed E-state index contributed by atoms with van der Waals surface area (Å²) < 4.78 is 16.7. The van der Waals surface area contributed by atoms with Gasteiger partial charge in [0.05, 0.1) is 13.2 Å². The van der Waals surface area contributed by atoms with Crippen LogP contribution in [0.25, 0.3) is 0 Å². The fraction of sp³-hybridized carbons (Fsp3) is 0.500. The van der Waals surface area contributed by atoms with Gasteiger partial charge in [-0.25, -0.2) is 0 Å². The predicted octanol–water partition coefficient (Wildman–Crippen LogP) is 1.85. The minimum Gasteiger partial charge on any atom is -0.484 e. The molecule has 0 N–H and O–H groups in total. The summed E-state index contributed by atoms with van der Waals surface area (Å²) in [4.78, 5) is 14.3. The van der Waals surface area contributed by atoms with Crippen LogP contribution in [-0.2, 0) is 22.4 Å². The molecule has 0 bridgehead atoms. The van der Waals surface area contributed by atoms with Crippen LogP contribution in [0.5, 0.6) is 5.75 Å². The lowest BCUT2D eigenvalue weighted by Gasteiger charge is -2.33. The molecule has 0 saturated carbocycles. The maximum absolute atomic E-state index is 12.7. The summed E-state index contributed by atoms with van der Waals surface area (Å²) in [5, 5.41) is 7.87. The first-order valence-corrected chi connectivity index (χ1v) is 8.62. The van der Waals surface area contributed by atoms with Crippen LogP contribution in [0.15, 0.2) is 22.6 Å². The summed E-state index contributed by atoms with van der Waals surface area (Å²) in [6, 6.07) is 5.73. The zero-order valence-electron chi connectivity index (χ0n) is 14.2. The minimum atomic E-state index is -0.355. The van der Waals surface area contributed by atoms with Crippen molar-refractivity contribution < 1.29 is 18.7 Å². The summed E-state index contributed by atoms with van der Waals surface area (Å²) in [5.74, 6) is 1.52. The first-order valence-electron chi connectivity index (χ1n) is 8.62. The lowest BCUT2D eigenvalue weighted by atomic mass is 10.1. The minimum absolute atomic E-state index is 0.0115. The largest absolute Gasteiger partial charge is 0.484 e. The first kappa shape index (κ1) is 16.1. The maximum atomic E-state index is 12.7. The molecule has 1 atom stereocenters. The molecule has 0 radical (unpaired) electrons. The summed E-state index contributed by atoms with van der Waals surface area (Å²) in [6.45, 7) is 3.05. The van der Waals surface area contributed by atoms with Crippen LogP contribution in [-0.4, -0.2) is 47.4 Å². The number of hydrogen-bond acceptors (Lipinski definition) is 6. The Hall–Kier alpha value is -2.41. The van der Waals surface area contributed by atoms with E-state index in [9.17, 15) is 4.79 Å². The molecule has 1 unspecified atom stereocenters. The van der Waals surface area contributed by atoms with E-state index in [0.717, 1.165) is 18.6 Å². The van der Waals surface area contributed by atoms with Crippen molar-refractivity contribution in [3.05, 3.63) is 41.1 Å². The van der Waals surface area contributed by atoms with E-state index in [1.54, 1.807) is 11.8 Å². The molecule has 2 heterocycles. The number of hydrogen-bond donors (Lipinski definition) is 0. The number of amides is 1. The van der Waals surface area contributed by atoms with Crippen molar-refractivity contribution in [1.29, 1.82) is 0 Å². The van der Waals surface area contributed by atoms with Gasteiger partial charge in [0, 0.05) is 13.5 Å². The quantitative estimate of drug-likeness (QED) is 0.843. The number of benzene rings is 1. The average molecular weight is 343 g/mol. The molecular formula is C18H21N3O4. The van der Waals surface area contributed by atoms with Crippen LogP contribution < -0.4 is 4.74 Å². The fourth-order valence-corrected chi connectivity index (χ4v) is 3.42. The Kier molecular flexibility index (Phi) is 4.40. The molecule has 7 heteroatoms. The number of aryl methyl sites for hydroxylation is 3. The van der Waals surface area contributed by atoms with Crippen LogP contribution in [0.2, 0.25) is 0 Å². The van der Waals surface area contributed by atoms with E-state index in [0.29, 0.717) is 31.5 Å². The van der Waals surface area contributed by atoms with Gasteiger partial charge in [0.1, 0.15) is 11.8 Å². The maximum Gasteiger partial charge on any atom is 0.261 e. The summed E-state index contributed by atoms with van der Waals surface area (Å²) >= 11 is 0. The molecule has 25 heavy (non-hydrogen) atoms. The van der Waals surface area contributed by atoms with Gasteiger partial charge in [0.25, 0.3) is 5.91 Å². The number of aromatic nitrogens is 2. The zero-order chi connectivity index (χ0) is 17.2. The molecule has 1 aliphatic heterocycles. The Balaban J connectivity index is 1.42. The van der Waals surface area contributed by atoms with Gasteiger partial charge in [-0.05, 0) is 42.5 Å². The second-order valence-corrected chi connectivity index (χ2v) is 6.41. The van der Waals surface area contributed by atoms with Crippen LogP contribution >= 0.6 is 0 Å². The zero-order valence-corrected chi connectivity index (χ0v) is 14.2. The number of fused-ring (bicyclic) bond motifs is 1. The van der Waals surface area contributed by atoms with Gasteiger partial charge in [-0.2, -0.15) is 0 Å². The van der Waals surface area contributed by atoms with E-state index in [1.165, 1.54) is 17.5 Å². The summed E-state index contributed by atoms with van der Waals surface area (Å²) in [6.07, 6.45) is 3.41. The van der Waals surface area contributed by atoms with Crippen molar-refractivity contribution in [2.24, 2.45) is 0 Å². The number of nitrogens with zero attached hydrogens (tertiary/aromatic N) is 3. The average Bonchev–Trinajstić information content (AvgIpc) is 3.28. The highest BCUT2D eigenvalue weighted by molar-refractivity contribution is 5.78. The Morgan fingerprint density at radius 2 is 2.20 bits per heavy atom. The van der Waals surface area contributed by atoms with Gasteiger partial charge in [-0.1, -0.05) is 6.07 Å². The SMILES string of the molecule is Cc1nnc(C2COCCN2C(=O)COc2ccc3c(c2)CCC3)o1. The molecule has 7 nitrogen and oxygen atoms in total. The second-order valence-electron chi connectivity index (χ2n) is 6.41. The van der Waals surface area contributed by atoms with Crippen molar-refractivity contribution >= 4 is 5.91 Å². The van der Waals surface area contributed by atoms with Gasteiger partial charge >= 0.3 is 0 Å². The normalized spacial score (nSPS) is 19.7. The van der Waals surface area contributed by atoms with Gasteiger partial charge in [-0.15, -0.1) is 10.2 Å². The third kappa shape index (κ3) is 3.37. The van der Waals surface area contributed by atoms with Crippen LogP contribution in [0.1, 0.15) is 35.4 Å². The molecule has 1 saturated heterocycles. The van der Waals surface area contributed by atoms with E-state index in [4.69, 9.17) is 13.9 Å². The van der Waals surface area contributed by atoms with Crippen molar-refractivity contribution in [3.63, 3.8) is 0 Å². The second kappa shape index (κ2) is 6.84. The fourth-order valence-electron chi connectivity index (χ4n) is 3.42. The highest BCUT2D eigenvalue weighted by atomic mass is 16.5. The highest BCUT2D eigenvalue weighted by Gasteiger charge is 2.32. The smallest absolute Gasteiger partial charge is 0.261 e. The lowest BCUT2D eigenvalue weighted by Crippen LogP contribution is -2.45. The highest BCUT2D eigenvalue weighted by Crippen LogP contribution is 2.27. The Morgan fingerprint density at radius 3 is 3.04 bits per heavy atom. The molecule has 1 amide bonds. The lowest BCUT2D eigenvalue weighted by molar-refractivity contribution is -0.143. The van der Waals surface area contributed by atoms with Gasteiger partial charge in [0.15, 0.2) is 6.61 Å². The first-order chi connectivity index (χ1) is 12.2. The number of ether oxygens (including phenoxy) is 2. The molecular weight excluding hydrogens is 322 g/mol. The van der Waals surface area contributed by atoms with E-state index >= 15 is 0 Å². The Bertz CT molecular complexity index is 773. The number of carbonyl (C=O) groups is 1. The molecule has 2 aliphatic rings. The number of morpholine rings is 1. The molecule has 2 aromatic rings. The van der Waals surface area contributed by atoms with Crippen LogP contribution in [0.3, 0.4) is 0 Å². The van der Waals surface area contributed by atoms with Crippen molar-refractivity contribution in [2.45, 2.75) is 32.2 Å². The van der Waals surface area contributed by atoms with Crippen LogP contribution in [0, 0.1) is 6.92 Å². The predicted molar refractivity (Wildman–Crippen MR) is 88.3 cm³/mol. The van der Waals surface area contributed by atoms with Gasteiger partial charge in [0.2, 0.25) is 11.8 Å². The Labute approximate surface area is 145 Å². The van der Waals surface area contributed by atoms with Crippen molar-refractivity contribution in [2.75, 3.05) is 26.4 Å². The number of carbonyl (C=O) groups excluding carboxylic acids is 1. The van der Waals surface area contributed by atoms with Crippen molar-refractivity contribution in [1.82, 2.24) is 15.1 Å². The monoisotopic (exact) mass is 343 g/mol. The molecule has 4 rings (SSSR count). The Morgan fingerprint density at radius 1 is 1.32 bits per heavy atom. The van der Waals surface area contributed by atoms with Gasteiger partial charge < -0.3 is 18.8 Å². The topological polar surface area (TPSA) is 77.7 Å². The van der Waals surface area contributed by atoms with E-state index in [1.807, 2.05) is 12.1 Å². The summed E-state index contributed by atoms with van der Waals surface area (Å²) in [7, 11) is 0. The molecule has 1 aromatic carbocycles. The molecule has 1 aliphatic carbocycles. The third-order valence-electron chi connectivity index (χ3n) is 4.71. The third-order valence-corrected chi connectivity index (χ3v) is 4.71.